The highest BCUT2D eigenvalue weighted by Gasteiger charge is 2.08. The number of aryl methyl sites for hydroxylation is 1. The molecule has 126 valence electrons. The fourth-order valence-electron chi connectivity index (χ4n) is 1.96. The van der Waals surface area contributed by atoms with E-state index in [-0.39, 0.29) is 13.2 Å². The Hall–Kier alpha value is -2.24. The predicted octanol–water partition coefficient (Wildman–Crippen LogP) is 4.53. The average Bonchev–Trinajstić information content (AvgIpc) is 2.56. The molecule has 0 aliphatic heterocycles. The molecule has 0 fully saturated rings. The van der Waals surface area contributed by atoms with Gasteiger partial charge >= 0.3 is 0 Å². The zero-order chi connectivity index (χ0) is 17.5. The van der Waals surface area contributed by atoms with Crippen LogP contribution in [0.5, 0.6) is 5.75 Å². The van der Waals surface area contributed by atoms with Gasteiger partial charge in [0.2, 0.25) is 0 Å². The molecule has 24 heavy (non-hydrogen) atoms. The number of nitrogens with two attached hydrogens (primary N) is 2. The van der Waals surface area contributed by atoms with Crippen LogP contribution >= 0.6 is 11.8 Å². The molecule has 0 radical (unpaired) electrons. The summed E-state index contributed by atoms with van der Waals surface area (Å²) >= 11 is 1.46. The van der Waals surface area contributed by atoms with Crippen LogP contribution < -0.4 is 16.2 Å². The van der Waals surface area contributed by atoms with Crippen molar-refractivity contribution in [3.05, 3.63) is 72.1 Å². The SMILES string of the molecule is C=C(Sc1cc(OC/C(F)=C\CN)ccc1N)c1ccc(C)cc1. The van der Waals surface area contributed by atoms with Gasteiger partial charge in [-0.3, -0.25) is 0 Å². The summed E-state index contributed by atoms with van der Waals surface area (Å²) in [6, 6.07) is 13.4. The fraction of sp³-hybridized carbons (Fsp3) is 0.158. The van der Waals surface area contributed by atoms with Crippen LogP contribution in [-0.4, -0.2) is 13.2 Å². The molecule has 4 N–H and O–H groups in total. The van der Waals surface area contributed by atoms with Gasteiger partial charge in [0.05, 0.1) is 0 Å². The zero-order valence-corrected chi connectivity index (χ0v) is 14.4. The van der Waals surface area contributed by atoms with Gasteiger partial charge in [-0.25, -0.2) is 4.39 Å². The third kappa shape index (κ3) is 5.15. The van der Waals surface area contributed by atoms with Gasteiger partial charge in [-0.2, -0.15) is 0 Å². The van der Waals surface area contributed by atoms with E-state index in [1.807, 2.05) is 31.2 Å². The Bertz CT molecular complexity index is 742. The number of ether oxygens (including phenoxy) is 1. The first kappa shape index (κ1) is 18.1. The molecule has 0 aromatic heterocycles. The van der Waals surface area contributed by atoms with E-state index in [1.54, 1.807) is 18.2 Å². The molecule has 2 rings (SSSR count). The van der Waals surface area contributed by atoms with E-state index in [2.05, 4.69) is 6.58 Å². The number of hydrogen-bond donors (Lipinski definition) is 2. The Morgan fingerprint density at radius 3 is 2.62 bits per heavy atom. The van der Waals surface area contributed by atoms with Gasteiger partial charge in [0.15, 0.2) is 0 Å². The fourth-order valence-corrected chi connectivity index (χ4v) is 2.84. The highest BCUT2D eigenvalue weighted by Crippen LogP contribution is 2.38. The van der Waals surface area contributed by atoms with E-state index in [4.69, 9.17) is 16.2 Å². The number of anilines is 1. The van der Waals surface area contributed by atoms with Gasteiger partial charge in [-0.15, -0.1) is 0 Å². The second-order valence-electron chi connectivity index (χ2n) is 5.27. The first-order valence-electron chi connectivity index (χ1n) is 7.50. The molecule has 0 unspecified atom stereocenters. The van der Waals surface area contributed by atoms with Crippen LogP contribution in [0.15, 0.2) is 65.8 Å². The van der Waals surface area contributed by atoms with E-state index in [0.29, 0.717) is 11.4 Å². The molecule has 0 saturated heterocycles. The lowest BCUT2D eigenvalue weighted by molar-refractivity contribution is 0.317. The van der Waals surface area contributed by atoms with Crippen molar-refractivity contribution >= 4 is 22.4 Å². The number of thioether (sulfide) groups is 1. The van der Waals surface area contributed by atoms with Crippen LogP contribution in [-0.2, 0) is 0 Å². The number of benzene rings is 2. The first-order valence-corrected chi connectivity index (χ1v) is 8.32. The number of halogens is 1. The summed E-state index contributed by atoms with van der Waals surface area (Å²) in [5.41, 5.74) is 14.1. The lowest BCUT2D eigenvalue weighted by Gasteiger charge is -2.11. The Morgan fingerprint density at radius 2 is 1.96 bits per heavy atom. The number of rotatable bonds is 7. The van der Waals surface area contributed by atoms with E-state index < -0.39 is 5.83 Å². The van der Waals surface area contributed by atoms with Gasteiger partial charge in [-0.1, -0.05) is 48.2 Å². The third-order valence-corrected chi connectivity index (χ3v) is 4.36. The third-order valence-electron chi connectivity index (χ3n) is 3.31. The van der Waals surface area contributed by atoms with Gasteiger partial charge in [0.25, 0.3) is 0 Å². The van der Waals surface area contributed by atoms with Gasteiger partial charge in [0.1, 0.15) is 18.2 Å². The molecule has 0 aliphatic rings. The Kier molecular flexibility index (Phi) is 6.46. The topological polar surface area (TPSA) is 61.3 Å². The Labute approximate surface area is 146 Å². The summed E-state index contributed by atoms with van der Waals surface area (Å²) < 4.78 is 18.8. The highest BCUT2D eigenvalue weighted by atomic mass is 32.2. The van der Waals surface area contributed by atoms with E-state index in [1.165, 1.54) is 23.4 Å². The molecule has 2 aromatic carbocycles. The van der Waals surface area contributed by atoms with E-state index >= 15 is 0 Å². The van der Waals surface area contributed by atoms with Gasteiger partial charge in [0, 0.05) is 22.0 Å². The van der Waals surface area contributed by atoms with Crippen LogP contribution in [0.2, 0.25) is 0 Å². The quantitative estimate of drug-likeness (QED) is 0.572. The predicted molar refractivity (Wildman–Crippen MR) is 101 cm³/mol. The summed E-state index contributed by atoms with van der Waals surface area (Å²) in [5.74, 6) is 0.150. The minimum absolute atomic E-state index is 0.147. The van der Waals surface area contributed by atoms with Crippen molar-refractivity contribution in [1.82, 2.24) is 0 Å². The first-order chi connectivity index (χ1) is 11.5. The van der Waals surface area contributed by atoms with Crippen LogP contribution in [0.25, 0.3) is 4.91 Å². The summed E-state index contributed by atoms with van der Waals surface area (Å²) in [5, 5.41) is 0. The molecule has 0 atom stereocenters. The van der Waals surface area contributed by atoms with Crippen molar-refractivity contribution in [2.45, 2.75) is 11.8 Å². The summed E-state index contributed by atoms with van der Waals surface area (Å²) in [6.07, 6.45) is 1.28. The minimum atomic E-state index is -0.396. The molecule has 0 saturated carbocycles. The molecule has 5 heteroatoms. The molecule has 0 heterocycles. The van der Waals surface area contributed by atoms with Crippen molar-refractivity contribution in [2.75, 3.05) is 18.9 Å². The van der Waals surface area contributed by atoms with Gasteiger partial charge < -0.3 is 16.2 Å². The Morgan fingerprint density at radius 1 is 1.25 bits per heavy atom. The molecule has 0 aliphatic carbocycles. The van der Waals surface area contributed by atoms with Crippen molar-refractivity contribution in [3.63, 3.8) is 0 Å². The minimum Gasteiger partial charge on any atom is -0.486 e. The van der Waals surface area contributed by atoms with E-state index in [9.17, 15) is 4.39 Å². The summed E-state index contributed by atoms with van der Waals surface area (Å²) in [7, 11) is 0. The van der Waals surface area contributed by atoms with Crippen LogP contribution in [0.3, 0.4) is 0 Å². The summed E-state index contributed by atoms with van der Waals surface area (Å²) in [4.78, 5) is 1.70. The van der Waals surface area contributed by atoms with Crippen LogP contribution in [0.1, 0.15) is 11.1 Å². The van der Waals surface area contributed by atoms with Crippen molar-refractivity contribution in [1.29, 1.82) is 0 Å². The Balaban J connectivity index is 2.09. The van der Waals surface area contributed by atoms with Crippen molar-refractivity contribution in [3.8, 4) is 5.75 Å². The summed E-state index contributed by atoms with van der Waals surface area (Å²) in [6.45, 7) is 6.14. The van der Waals surface area contributed by atoms with Gasteiger partial charge in [-0.05, 0) is 36.8 Å². The molecular weight excluding hydrogens is 323 g/mol. The number of nitrogen functional groups attached to an aromatic ring is 1. The van der Waals surface area contributed by atoms with E-state index in [0.717, 1.165) is 15.4 Å². The average molecular weight is 344 g/mol. The maximum atomic E-state index is 13.3. The molecule has 3 nitrogen and oxygen atoms in total. The maximum Gasteiger partial charge on any atom is 0.139 e. The molecule has 0 spiro atoms. The van der Waals surface area contributed by atoms with Crippen molar-refractivity contribution < 1.29 is 9.13 Å². The van der Waals surface area contributed by atoms with Crippen molar-refractivity contribution in [2.24, 2.45) is 5.73 Å². The van der Waals surface area contributed by atoms with Crippen LogP contribution in [0, 0.1) is 6.92 Å². The molecular formula is C19H21FN2OS. The second-order valence-corrected chi connectivity index (χ2v) is 6.40. The molecule has 0 amide bonds. The normalized spacial score (nSPS) is 11.4. The standard InChI is InChI=1S/C19H21FN2OS/c1-13-3-5-15(6-4-13)14(2)24-19-11-17(7-8-18(19)22)23-12-16(20)9-10-21/h3-9,11H,2,10,12,21-22H2,1H3/b16-9+. The maximum absolute atomic E-state index is 13.3. The largest absolute Gasteiger partial charge is 0.486 e. The highest BCUT2D eigenvalue weighted by molar-refractivity contribution is 8.08. The molecule has 0 bridgehead atoms. The lowest BCUT2D eigenvalue weighted by Crippen LogP contribution is -2.02. The van der Waals surface area contributed by atoms with Crippen LogP contribution in [0.4, 0.5) is 10.1 Å². The second kappa shape index (κ2) is 8.57. The monoisotopic (exact) mass is 344 g/mol. The molecule has 2 aromatic rings. The lowest BCUT2D eigenvalue weighted by atomic mass is 10.1. The smallest absolute Gasteiger partial charge is 0.139 e. The zero-order valence-electron chi connectivity index (χ0n) is 13.6. The number of hydrogen-bond acceptors (Lipinski definition) is 4.